The van der Waals surface area contributed by atoms with E-state index < -0.39 is 0 Å². The summed E-state index contributed by atoms with van der Waals surface area (Å²) in [7, 11) is 0. The van der Waals surface area contributed by atoms with Crippen LogP contribution in [0.4, 0.5) is 0 Å². The van der Waals surface area contributed by atoms with Gasteiger partial charge in [0.05, 0.1) is 33.4 Å². The Morgan fingerprint density at radius 3 is 1.91 bits per heavy atom. The molecule has 0 saturated carbocycles. The fourth-order valence-corrected chi connectivity index (χ4v) is 10.8. The van der Waals surface area contributed by atoms with Crippen molar-refractivity contribution < 1.29 is 0 Å². The van der Waals surface area contributed by atoms with Gasteiger partial charge in [0.2, 0.25) is 0 Å². The Bertz CT molecular complexity index is 3620. The number of rotatable bonds is 3. The van der Waals surface area contributed by atoms with Gasteiger partial charge >= 0.3 is 0 Å². The fourth-order valence-electron chi connectivity index (χ4n) is 9.72. The number of fused-ring (bicyclic) bond motifs is 13. The molecule has 9 aromatic carbocycles. The Morgan fingerprint density at radius 1 is 0.357 bits per heavy atom. The van der Waals surface area contributed by atoms with Crippen LogP contribution in [0, 0.1) is 0 Å². The van der Waals surface area contributed by atoms with Gasteiger partial charge in [-0.1, -0.05) is 145 Å². The zero-order valence-corrected chi connectivity index (χ0v) is 31.0. The van der Waals surface area contributed by atoms with Crippen molar-refractivity contribution in [3.63, 3.8) is 0 Å². The fraction of sp³-hybridized carbons (Fsp3) is 0. The normalized spacial score (nSPS) is 12.6. The molecule has 1 aliphatic heterocycles. The Morgan fingerprint density at radius 2 is 1.04 bits per heavy atom. The van der Waals surface area contributed by atoms with Gasteiger partial charge in [-0.15, -0.1) is 0 Å². The molecule has 0 amide bonds. The van der Waals surface area contributed by atoms with E-state index in [0.29, 0.717) is 0 Å². The molecule has 0 atom stereocenters. The molecule has 0 bridgehead atoms. The average Bonchev–Trinajstić information content (AvgIpc) is 3.90. The first kappa shape index (κ1) is 30.3. The van der Waals surface area contributed by atoms with Crippen LogP contribution in [0.3, 0.4) is 0 Å². The number of hydrogen-bond acceptors (Lipinski definition) is 1. The third-order valence-electron chi connectivity index (χ3n) is 12.0. The summed E-state index contributed by atoms with van der Waals surface area (Å²) in [4.78, 5) is 2.55. The van der Waals surface area contributed by atoms with Crippen molar-refractivity contribution in [2.24, 2.45) is 0 Å². The van der Waals surface area contributed by atoms with E-state index in [1.165, 1.54) is 108 Å². The predicted octanol–water partition coefficient (Wildman–Crippen LogP) is 14.3. The zero-order valence-electron chi connectivity index (χ0n) is 30.1. The average molecular weight is 730 g/mol. The van der Waals surface area contributed by atoms with Gasteiger partial charge in [-0.3, -0.25) is 9.13 Å². The molecule has 12 aromatic rings. The molecule has 4 heterocycles. The number of hydrogen-bond donors (Lipinski definition) is 0. The van der Waals surface area contributed by atoms with E-state index in [1.54, 1.807) is 0 Å². The van der Waals surface area contributed by atoms with Crippen molar-refractivity contribution >= 4 is 88.0 Å². The van der Waals surface area contributed by atoms with Crippen LogP contribution in [0.2, 0.25) is 0 Å². The Hall–Kier alpha value is -7.01. The van der Waals surface area contributed by atoms with Gasteiger partial charge in [0.25, 0.3) is 0 Å². The standard InChI is InChI=1S/C52H31N3S/c1-2-14-34(15-3-1)53-43-23-8-7-18-40(43)50-41-22-12-26-48-51(41)55(52(50)53)46-31-33(28-30-47(46)56-48)35-19-10-21-38-37(35)20-11-25-42(38)54-44-24-9-6-17-39(44)49-36-16-5-4-13-32(36)27-29-45(49)54/h1-31H. The van der Waals surface area contributed by atoms with Crippen molar-refractivity contribution in [3.05, 3.63) is 188 Å². The lowest BCUT2D eigenvalue weighted by molar-refractivity contribution is 1.03. The van der Waals surface area contributed by atoms with Gasteiger partial charge < -0.3 is 4.57 Å². The molecule has 3 nitrogen and oxygen atoms in total. The van der Waals surface area contributed by atoms with Crippen LogP contribution in [-0.2, 0) is 0 Å². The van der Waals surface area contributed by atoms with Gasteiger partial charge in [-0.2, -0.15) is 0 Å². The summed E-state index contributed by atoms with van der Waals surface area (Å²) in [6, 6.07) is 69.3. The van der Waals surface area contributed by atoms with Crippen molar-refractivity contribution in [1.82, 2.24) is 13.7 Å². The third-order valence-corrected chi connectivity index (χ3v) is 13.1. The van der Waals surface area contributed by atoms with Crippen LogP contribution in [-0.4, -0.2) is 13.7 Å². The summed E-state index contributed by atoms with van der Waals surface area (Å²) < 4.78 is 7.47. The summed E-state index contributed by atoms with van der Waals surface area (Å²) in [6.07, 6.45) is 0. The number of para-hydroxylation sites is 4. The molecule has 56 heavy (non-hydrogen) atoms. The molecule has 0 spiro atoms. The highest BCUT2D eigenvalue weighted by Crippen LogP contribution is 2.50. The molecule has 0 N–H and O–H groups in total. The van der Waals surface area contributed by atoms with Gasteiger partial charge in [-0.05, 0) is 81.9 Å². The van der Waals surface area contributed by atoms with Crippen LogP contribution >= 0.6 is 11.8 Å². The van der Waals surface area contributed by atoms with Crippen LogP contribution < -0.4 is 0 Å². The molecule has 0 unspecified atom stereocenters. The second-order valence-electron chi connectivity index (χ2n) is 14.9. The molecule has 0 saturated heterocycles. The first-order chi connectivity index (χ1) is 27.8. The Balaban J connectivity index is 1.07. The lowest BCUT2D eigenvalue weighted by Gasteiger charge is -2.22. The van der Waals surface area contributed by atoms with E-state index in [-0.39, 0.29) is 0 Å². The monoisotopic (exact) mass is 729 g/mol. The molecule has 0 aliphatic carbocycles. The van der Waals surface area contributed by atoms with E-state index in [1.807, 2.05) is 11.8 Å². The number of benzene rings is 9. The maximum Gasteiger partial charge on any atom is 0.131 e. The largest absolute Gasteiger partial charge is 0.309 e. The Labute approximate surface area is 326 Å². The summed E-state index contributed by atoms with van der Waals surface area (Å²) in [5.41, 5.74) is 12.1. The predicted molar refractivity (Wildman–Crippen MR) is 237 cm³/mol. The summed E-state index contributed by atoms with van der Waals surface area (Å²) in [5, 5.41) is 11.5. The molecule has 0 radical (unpaired) electrons. The van der Waals surface area contributed by atoms with E-state index in [9.17, 15) is 0 Å². The number of aromatic nitrogens is 3. The van der Waals surface area contributed by atoms with Crippen molar-refractivity contribution in [1.29, 1.82) is 0 Å². The van der Waals surface area contributed by atoms with Crippen LogP contribution in [0.15, 0.2) is 198 Å². The molecule has 3 aromatic heterocycles. The highest BCUT2D eigenvalue weighted by molar-refractivity contribution is 7.99. The minimum Gasteiger partial charge on any atom is -0.309 e. The zero-order chi connectivity index (χ0) is 36.5. The van der Waals surface area contributed by atoms with Crippen molar-refractivity contribution in [3.8, 4) is 28.2 Å². The van der Waals surface area contributed by atoms with E-state index >= 15 is 0 Å². The topological polar surface area (TPSA) is 14.8 Å². The lowest BCUT2D eigenvalue weighted by atomic mass is 9.96. The third kappa shape index (κ3) is 3.98. The number of nitrogens with zero attached hydrogens (tertiary/aromatic N) is 3. The minimum atomic E-state index is 1.16. The van der Waals surface area contributed by atoms with E-state index in [2.05, 4.69) is 202 Å². The second-order valence-corrected chi connectivity index (χ2v) is 16.0. The van der Waals surface area contributed by atoms with Crippen molar-refractivity contribution in [2.45, 2.75) is 9.79 Å². The van der Waals surface area contributed by atoms with Crippen molar-refractivity contribution in [2.75, 3.05) is 0 Å². The van der Waals surface area contributed by atoms with E-state index in [0.717, 1.165) is 5.69 Å². The molecule has 13 rings (SSSR count). The Kier molecular flexibility index (Phi) is 6.10. The summed E-state index contributed by atoms with van der Waals surface area (Å²) >= 11 is 1.88. The molecular weight excluding hydrogens is 699 g/mol. The highest BCUT2D eigenvalue weighted by Gasteiger charge is 2.28. The minimum absolute atomic E-state index is 1.16. The molecule has 0 fully saturated rings. The van der Waals surface area contributed by atoms with Crippen LogP contribution in [0.1, 0.15) is 0 Å². The van der Waals surface area contributed by atoms with Gasteiger partial charge in [0.15, 0.2) is 0 Å². The maximum absolute atomic E-state index is 2.54. The molecular formula is C52H31N3S. The molecule has 260 valence electrons. The van der Waals surface area contributed by atoms with Gasteiger partial charge in [0, 0.05) is 47.8 Å². The molecule has 1 aliphatic rings. The summed E-state index contributed by atoms with van der Waals surface area (Å²) in [6.45, 7) is 0. The van der Waals surface area contributed by atoms with Crippen LogP contribution in [0.5, 0.6) is 0 Å². The SMILES string of the molecule is c1ccc(-n2c3ccccc3c3c4cccc5c4n(c32)-c2cc(-c3cccc4c(-n6c7ccccc7c7c8ccccc8ccc76)cccc34)ccc2S5)cc1. The quantitative estimate of drug-likeness (QED) is 0.177. The highest BCUT2D eigenvalue weighted by atomic mass is 32.2. The smallest absolute Gasteiger partial charge is 0.131 e. The second kappa shape index (κ2) is 11.3. The first-order valence-corrected chi connectivity index (χ1v) is 20.0. The first-order valence-electron chi connectivity index (χ1n) is 19.2. The molecule has 4 heteroatoms. The summed E-state index contributed by atoms with van der Waals surface area (Å²) in [5.74, 6) is 0. The van der Waals surface area contributed by atoms with Gasteiger partial charge in [-0.25, -0.2) is 0 Å². The maximum atomic E-state index is 2.54. The van der Waals surface area contributed by atoms with E-state index in [4.69, 9.17) is 0 Å². The van der Waals surface area contributed by atoms with Crippen LogP contribution in [0.25, 0.3) is 104 Å². The lowest BCUT2D eigenvalue weighted by Crippen LogP contribution is -2.06. The van der Waals surface area contributed by atoms with Gasteiger partial charge in [0.1, 0.15) is 5.65 Å².